The Bertz CT molecular complexity index is 167. The lowest BCUT2D eigenvalue weighted by Gasteiger charge is -2.18. The van der Waals surface area contributed by atoms with Crippen LogP contribution in [0.4, 0.5) is 4.39 Å². The Morgan fingerprint density at radius 1 is 1.45 bits per heavy atom. The number of halogens is 1. The van der Waals surface area contributed by atoms with Crippen LogP contribution in [0, 0.1) is 12.0 Å². The van der Waals surface area contributed by atoms with E-state index in [2.05, 4.69) is 5.92 Å². The summed E-state index contributed by atoms with van der Waals surface area (Å²) in [5, 5.41) is 8.27. The number of hydrogen-bond acceptors (Lipinski definition) is 2. The van der Waals surface area contributed by atoms with Crippen molar-refractivity contribution in [1.29, 1.82) is 0 Å². The number of likely N-dealkylation sites (tertiary alicyclic amines) is 1. The van der Waals surface area contributed by atoms with Crippen LogP contribution in [0.3, 0.4) is 0 Å². The van der Waals surface area contributed by atoms with Crippen LogP contribution >= 0.6 is 0 Å². The predicted octanol–water partition coefficient (Wildman–Crippen LogP) is 0.754. The van der Waals surface area contributed by atoms with Crippen molar-refractivity contribution < 1.29 is 9.50 Å². The molecule has 0 aromatic heterocycles. The molecule has 0 aromatic rings. The summed E-state index contributed by atoms with van der Waals surface area (Å²) in [4.78, 5) is 1.96. The summed E-state index contributed by atoms with van der Waals surface area (Å²) in [6.07, 6.45) is 3.99. The van der Waals surface area contributed by atoms with E-state index in [9.17, 15) is 4.39 Å². The van der Waals surface area contributed by atoms with Crippen molar-refractivity contribution in [2.75, 3.05) is 19.8 Å². The molecule has 1 atom stereocenters. The van der Waals surface area contributed by atoms with Crippen LogP contribution in [0.5, 0.6) is 0 Å². The second kappa shape index (κ2) is 4.20. The third-order valence-corrected chi connectivity index (χ3v) is 1.96. The van der Waals surface area contributed by atoms with E-state index in [0.29, 0.717) is 0 Å². The van der Waals surface area contributed by atoms with Gasteiger partial charge >= 0.3 is 0 Å². The first-order valence-electron chi connectivity index (χ1n) is 3.83. The lowest BCUT2D eigenvalue weighted by Crippen LogP contribution is -2.33. The third-order valence-electron chi connectivity index (χ3n) is 1.96. The number of nitrogens with zero attached hydrogens (tertiary/aromatic N) is 1. The molecular weight excluding hydrogens is 145 g/mol. The summed E-state index contributed by atoms with van der Waals surface area (Å²) in [5.74, 6) is 2.43. The molecule has 1 heterocycles. The Morgan fingerprint density at radius 2 is 2.09 bits per heavy atom. The number of aliphatic hydroxyl groups is 1. The maximum absolute atomic E-state index is 12.2. The van der Waals surface area contributed by atoms with Crippen LogP contribution in [0.2, 0.25) is 0 Å². The maximum Gasteiger partial charge on any atom is 0.116 e. The molecule has 1 saturated heterocycles. The Morgan fingerprint density at radius 3 is 2.55 bits per heavy atom. The van der Waals surface area contributed by atoms with Crippen molar-refractivity contribution in [3.63, 3.8) is 0 Å². The van der Waals surface area contributed by atoms with Gasteiger partial charge in [0.15, 0.2) is 0 Å². The molecule has 0 bridgehead atoms. The van der Waals surface area contributed by atoms with Crippen LogP contribution in [-0.4, -0.2) is 35.8 Å². The van der Waals surface area contributed by atoms with Crippen LogP contribution in [0.25, 0.3) is 0 Å². The van der Waals surface area contributed by atoms with E-state index < -0.39 is 6.67 Å². The van der Waals surface area contributed by atoms with E-state index in [1.165, 1.54) is 0 Å². The second-order valence-electron chi connectivity index (χ2n) is 2.67. The zero-order chi connectivity index (χ0) is 8.10. The summed E-state index contributed by atoms with van der Waals surface area (Å²) in [5.41, 5.74) is 0. The van der Waals surface area contributed by atoms with Gasteiger partial charge in [0.1, 0.15) is 18.8 Å². The van der Waals surface area contributed by atoms with Gasteiger partial charge in [-0.1, -0.05) is 0 Å². The van der Waals surface area contributed by atoms with E-state index in [0.717, 1.165) is 25.9 Å². The van der Waals surface area contributed by atoms with Crippen LogP contribution in [0.15, 0.2) is 0 Å². The van der Waals surface area contributed by atoms with Crippen molar-refractivity contribution >= 4 is 0 Å². The Kier molecular flexibility index (Phi) is 3.18. The predicted molar refractivity (Wildman–Crippen MR) is 40.3 cm³/mol. The SMILES string of the molecule is OC#C[C@@H](CF)N1CCCC1. The zero-order valence-corrected chi connectivity index (χ0v) is 6.39. The van der Waals surface area contributed by atoms with Gasteiger partial charge in [-0.2, -0.15) is 0 Å². The quantitative estimate of drug-likeness (QED) is 0.598. The molecule has 2 nitrogen and oxygen atoms in total. The summed E-state index contributed by atoms with van der Waals surface area (Å²) in [7, 11) is 0. The number of rotatable bonds is 2. The Balaban J connectivity index is 2.44. The normalized spacial score (nSPS) is 20.8. The first-order chi connectivity index (χ1) is 5.38. The fourth-order valence-electron chi connectivity index (χ4n) is 1.36. The lowest BCUT2D eigenvalue weighted by atomic mass is 10.3. The summed E-state index contributed by atoms with van der Waals surface area (Å²) in [6.45, 7) is 1.32. The molecule has 11 heavy (non-hydrogen) atoms. The van der Waals surface area contributed by atoms with E-state index in [-0.39, 0.29) is 6.04 Å². The van der Waals surface area contributed by atoms with Crippen LogP contribution < -0.4 is 0 Å². The van der Waals surface area contributed by atoms with E-state index >= 15 is 0 Å². The Labute approximate surface area is 66.0 Å². The summed E-state index contributed by atoms with van der Waals surface area (Å²) < 4.78 is 12.2. The molecule has 1 aliphatic rings. The minimum atomic E-state index is -0.492. The first kappa shape index (κ1) is 8.35. The standard InChI is InChI=1S/C8H12FNO/c9-7-8(3-6-11)10-4-1-2-5-10/h8,11H,1-2,4-5,7H2/t8-/m0/s1. The molecule has 0 radical (unpaired) electrons. The molecule has 0 amide bonds. The highest BCUT2D eigenvalue weighted by Crippen LogP contribution is 2.11. The van der Waals surface area contributed by atoms with Gasteiger partial charge in [0, 0.05) is 0 Å². The average Bonchev–Trinajstić information content (AvgIpc) is 2.52. The molecule has 62 valence electrons. The molecule has 3 heteroatoms. The smallest absolute Gasteiger partial charge is 0.116 e. The summed E-state index contributed by atoms with van der Waals surface area (Å²) in [6, 6.07) is -0.387. The molecule has 1 N–H and O–H groups in total. The summed E-state index contributed by atoms with van der Waals surface area (Å²) >= 11 is 0. The fourth-order valence-corrected chi connectivity index (χ4v) is 1.36. The van der Waals surface area contributed by atoms with Crippen molar-refractivity contribution in [1.82, 2.24) is 4.90 Å². The van der Waals surface area contributed by atoms with Crippen LogP contribution in [0.1, 0.15) is 12.8 Å². The molecule has 0 aliphatic carbocycles. The maximum atomic E-state index is 12.2. The van der Waals surface area contributed by atoms with Gasteiger partial charge in [-0.15, -0.1) is 0 Å². The molecule has 1 rings (SSSR count). The zero-order valence-electron chi connectivity index (χ0n) is 6.39. The van der Waals surface area contributed by atoms with Crippen molar-refractivity contribution in [2.24, 2.45) is 0 Å². The van der Waals surface area contributed by atoms with E-state index in [1.807, 2.05) is 4.90 Å². The monoisotopic (exact) mass is 157 g/mol. The van der Waals surface area contributed by atoms with Crippen molar-refractivity contribution in [3.05, 3.63) is 0 Å². The minimum Gasteiger partial charge on any atom is -0.462 e. The third kappa shape index (κ3) is 2.09. The van der Waals surface area contributed by atoms with Crippen molar-refractivity contribution in [2.45, 2.75) is 18.9 Å². The molecule has 1 fully saturated rings. The first-order valence-corrected chi connectivity index (χ1v) is 3.83. The molecule has 0 aromatic carbocycles. The molecule has 0 unspecified atom stereocenters. The minimum absolute atomic E-state index is 0.387. The van der Waals surface area contributed by atoms with E-state index in [4.69, 9.17) is 5.11 Å². The van der Waals surface area contributed by atoms with E-state index in [1.54, 1.807) is 6.11 Å². The van der Waals surface area contributed by atoms with Gasteiger partial charge in [-0.05, 0) is 31.9 Å². The highest BCUT2D eigenvalue weighted by molar-refractivity contribution is 5.03. The molecule has 0 saturated carbocycles. The lowest BCUT2D eigenvalue weighted by molar-refractivity contribution is 0.245. The topological polar surface area (TPSA) is 23.5 Å². The highest BCUT2D eigenvalue weighted by Gasteiger charge is 2.19. The molecular formula is C8H12FNO. The molecule has 0 spiro atoms. The average molecular weight is 157 g/mol. The fraction of sp³-hybridized carbons (Fsp3) is 0.750. The van der Waals surface area contributed by atoms with Crippen molar-refractivity contribution in [3.8, 4) is 12.0 Å². The number of aliphatic hydroxyl groups excluding tert-OH is 1. The van der Waals surface area contributed by atoms with Gasteiger partial charge in [-0.25, -0.2) is 4.39 Å². The number of alkyl halides is 1. The van der Waals surface area contributed by atoms with Crippen LogP contribution in [-0.2, 0) is 0 Å². The Hall–Kier alpha value is -0.750. The molecule has 1 aliphatic heterocycles. The highest BCUT2D eigenvalue weighted by atomic mass is 19.1. The van der Waals surface area contributed by atoms with Gasteiger partial charge in [0.2, 0.25) is 0 Å². The van der Waals surface area contributed by atoms with Gasteiger partial charge in [0.25, 0.3) is 0 Å². The van der Waals surface area contributed by atoms with Gasteiger partial charge in [-0.3, -0.25) is 4.90 Å². The van der Waals surface area contributed by atoms with Gasteiger partial charge in [0.05, 0.1) is 0 Å². The van der Waals surface area contributed by atoms with Gasteiger partial charge < -0.3 is 5.11 Å². The second-order valence-corrected chi connectivity index (χ2v) is 2.67. The number of hydrogen-bond donors (Lipinski definition) is 1. The largest absolute Gasteiger partial charge is 0.462 e.